The molecule has 2 atom stereocenters. The van der Waals surface area contributed by atoms with Gasteiger partial charge in [-0.15, -0.1) is 0 Å². The molecular weight excluding hydrogens is 327 g/mol. The summed E-state index contributed by atoms with van der Waals surface area (Å²) in [7, 11) is 0. The maximum absolute atomic E-state index is 13.0. The molecule has 0 aliphatic heterocycles. The molecule has 1 aliphatic rings. The van der Waals surface area contributed by atoms with Crippen LogP contribution in [0.15, 0.2) is 24.3 Å². The largest absolute Gasteiger partial charge is 0.454 e. The molecule has 2 amide bonds. The van der Waals surface area contributed by atoms with Gasteiger partial charge in [-0.25, -0.2) is 4.39 Å². The van der Waals surface area contributed by atoms with Crippen molar-refractivity contribution in [3.05, 3.63) is 35.6 Å². The Morgan fingerprint density at radius 1 is 1.24 bits per heavy atom. The number of hydrogen-bond acceptors (Lipinski definition) is 4. The van der Waals surface area contributed by atoms with Crippen LogP contribution in [0.3, 0.4) is 0 Å². The number of carbonyl (C=O) groups excluding carboxylic acids is 3. The second-order valence-electron chi connectivity index (χ2n) is 6.29. The Morgan fingerprint density at radius 2 is 2.00 bits per heavy atom. The van der Waals surface area contributed by atoms with E-state index in [4.69, 9.17) is 4.74 Å². The molecule has 1 aromatic carbocycles. The summed E-state index contributed by atoms with van der Waals surface area (Å²) in [4.78, 5) is 35.2. The Morgan fingerprint density at radius 3 is 2.72 bits per heavy atom. The predicted molar refractivity (Wildman–Crippen MR) is 89.3 cm³/mol. The standard InChI is InChI=1S/C18H23FN2O4/c1-12-5-2-3-8-15(12)21-16(22)11-25-17(23)10-20-18(24)13-6-4-7-14(19)9-13/h4,6-7,9,12,15H,2-3,5,8,10-11H2,1H3,(H,20,24)(H,21,22)/t12-,15+/m0/s1. The van der Waals surface area contributed by atoms with Gasteiger partial charge in [-0.3, -0.25) is 14.4 Å². The van der Waals surface area contributed by atoms with Crippen LogP contribution in [0.1, 0.15) is 43.0 Å². The number of nitrogens with one attached hydrogen (secondary N) is 2. The highest BCUT2D eigenvalue weighted by Crippen LogP contribution is 2.23. The fraction of sp³-hybridized carbons (Fsp3) is 0.500. The maximum Gasteiger partial charge on any atom is 0.325 e. The summed E-state index contributed by atoms with van der Waals surface area (Å²) in [5.41, 5.74) is 0.108. The Bertz CT molecular complexity index is 635. The number of halogens is 1. The van der Waals surface area contributed by atoms with E-state index in [1.54, 1.807) is 0 Å². The SMILES string of the molecule is C[C@H]1CCCC[C@H]1NC(=O)COC(=O)CNC(=O)c1cccc(F)c1. The fourth-order valence-corrected chi connectivity index (χ4v) is 2.86. The quantitative estimate of drug-likeness (QED) is 0.766. The normalized spacial score (nSPS) is 19.8. The van der Waals surface area contributed by atoms with Gasteiger partial charge in [0, 0.05) is 11.6 Å². The fourth-order valence-electron chi connectivity index (χ4n) is 2.86. The van der Waals surface area contributed by atoms with Crippen LogP contribution in [0, 0.1) is 11.7 Å². The van der Waals surface area contributed by atoms with Gasteiger partial charge in [0.2, 0.25) is 0 Å². The number of hydrogen-bond donors (Lipinski definition) is 2. The molecule has 0 bridgehead atoms. The van der Waals surface area contributed by atoms with Crippen molar-refractivity contribution in [1.29, 1.82) is 0 Å². The Hall–Kier alpha value is -2.44. The summed E-state index contributed by atoms with van der Waals surface area (Å²) in [5.74, 6) is -1.78. The number of rotatable bonds is 6. The van der Waals surface area contributed by atoms with Gasteiger partial charge in [0.25, 0.3) is 11.8 Å². The lowest BCUT2D eigenvalue weighted by Gasteiger charge is -2.29. The molecule has 0 unspecified atom stereocenters. The van der Waals surface area contributed by atoms with Crippen LogP contribution >= 0.6 is 0 Å². The summed E-state index contributed by atoms with van der Waals surface area (Å²) in [6.07, 6.45) is 4.27. The van der Waals surface area contributed by atoms with E-state index in [1.807, 2.05) is 0 Å². The molecule has 0 heterocycles. The first-order chi connectivity index (χ1) is 12.0. The summed E-state index contributed by atoms with van der Waals surface area (Å²) in [5, 5.41) is 5.20. The van der Waals surface area contributed by atoms with E-state index < -0.39 is 17.7 Å². The molecule has 0 saturated heterocycles. The predicted octanol–water partition coefficient (Wildman–Crippen LogP) is 1.79. The zero-order valence-corrected chi connectivity index (χ0v) is 14.2. The van der Waals surface area contributed by atoms with E-state index in [9.17, 15) is 18.8 Å². The van der Waals surface area contributed by atoms with Gasteiger partial charge in [-0.05, 0) is 37.0 Å². The number of carbonyl (C=O) groups is 3. The molecule has 1 fully saturated rings. The molecule has 1 saturated carbocycles. The summed E-state index contributed by atoms with van der Waals surface area (Å²) in [6, 6.07) is 5.24. The van der Waals surface area contributed by atoms with Crippen molar-refractivity contribution < 1.29 is 23.5 Å². The van der Waals surface area contributed by atoms with E-state index in [0.29, 0.717) is 5.92 Å². The molecule has 0 radical (unpaired) electrons. The van der Waals surface area contributed by atoms with Crippen LogP contribution < -0.4 is 10.6 Å². The van der Waals surface area contributed by atoms with Crippen molar-refractivity contribution in [2.24, 2.45) is 5.92 Å². The highest BCUT2D eigenvalue weighted by molar-refractivity contribution is 5.96. The first kappa shape index (κ1) is 18.9. The van der Waals surface area contributed by atoms with Crippen LogP contribution in [0.25, 0.3) is 0 Å². The van der Waals surface area contributed by atoms with Gasteiger partial charge in [0.15, 0.2) is 6.61 Å². The van der Waals surface area contributed by atoms with Gasteiger partial charge in [-0.1, -0.05) is 25.8 Å². The van der Waals surface area contributed by atoms with Crippen molar-refractivity contribution in [2.75, 3.05) is 13.2 Å². The minimum absolute atomic E-state index is 0.108. The summed E-state index contributed by atoms with van der Waals surface area (Å²) >= 11 is 0. The lowest BCUT2D eigenvalue weighted by atomic mass is 9.86. The van der Waals surface area contributed by atoms with E-state index in [0.717, 1.165) is 25.3 Å². The molecule has 25 heavy (non-hydrogen) atoms. The van der Waals surface area contributed by atoms with Gasteiger partial charge < -0.3 is 15.4 Å². The number of benzene rings is 1. The van der Waals surface area contributed by atoms with E-state index in [-0.39, 0.29) is 30.7 Å². The van der Waals surface area contributed by atoms with E-state index >= 15 is 0 Å². The Labute approximate surface area is 146 Å². The first-order valence-corrected chi connectivity index (χ1v) is 8.44. The van der Waals surface area contributed by atoms with Crippen molar-refractivity contribution in [2.45, 2.75) is 38.6 Å². The van der Waals surface area contributed by atoms with Gasteiger partial charge >= 0.3 is 5.97 Å². The zero-order chi connectivity index (χ0) is 18.2. The van der Waals surface area contributed by atoms with Crippen LogP contribution in [-0.4, -0.2) is 37.0 Å². The molecule has 0 aromatic heterocycles. The van der Waals surface area contributed by atoms with Crippen molar-refractivity contribution in [3.8, 4) is 0 Å². The van der Waals surface area contributed by atoms with Crippen molar-refractivity contribution >= 4 is 17.8 Å². The highest BCUT2D eigenvalue weighted by Gasteiger charge is 2.23. The molecular formula is C18H23FN2O4. The minimum atomic E-state index is -0.725. The summed E-state index contributed by atoms with van der Waals surface area (Å²) < 4.78 is 17.9. The minimum Gasteiger partial charge on any atom is -0.454 e. The molecule has 7 heteroatoms. The van der Waals surface area contributed by atoms with E-state index in [1.165, 1.54) is 24.6 Å². The number of ether oxygens (including phenoxy) is 1. The van der Waals surface area contributed by atoms with Crippen LogP contribution in [-0.2, 0) is 14.3 Å². The van der Waals surface area contributed by atoms with Gasteiger partial charge in [-0.2, -0.15) is 0 Å². The molecule has 2 rings (SSSR count). The van der Waals surface area contributed by atoms with Crippen LogP contribution in [0.2, 0.25) is 0 Å². The second-order valence-corrected chi connectivity index (χ2v) is 6.29. The first-order valence-electron chi connectivity index (χ1n) is 8.44. The highest BCUT2D eigenvalue weighted by atomic mass is 19.1. The molecule has 0 spiro atoms. The number of amides is 2. The Kier molecular flexibility index (Phi) is 6.91. The number of esters is 1. The molecule has 1 aromatic rings. The average Bonchev–Trinajstić information content (AvgIpc) is 2.60. The van der Waals surface area contributed by atoms with Crippen molar-refractivity contribution in [3.63, 3.8) is 0 Å². The van der Waals surface area contributed by atoms with Crippen LogP contribution in [0.4, 0.5) is 4.39 Å². The topological polar surface area (TPSA) is 84.5 Å². The van der Waals surface area contributed by atoms with Gasteiger partial charge in [0.1, 0.15) is 12.4 Å². The summed E-state index contributed by atoms with van der Waals surface area (Å²) in [6.45, 7) is 1.33. The molecule has 2 N–H and O–H groups in total. The second kappa shape index (κ2) is 9.15. The molecule has 6 nitrogen and oxygen atoms in total. The van der Waals surface area contributed by atoms with Gasteiger partial charge in [0.05, 0.1) is 0 Å². The third kappa shape index (κ3) is 6.17. The lowest BCUT2D eigenvalue weighted by Crippen LogP contribution is -2.43. The average molecular weight is 350 g/mol. The molecule has 136 valence electrons. The monoisotopic (exact) mass is 350 g/mol. The maximum atomic E-state index is 13.0. The van der Waals surface area contributed by atoms with E-state index in [2.05, 4.69) is 17.6 Å². The zero-order valence-electron chi connectivity index (χ0n) is 14.2. The Balaban J connectivity index is 1.68. The third-order valence-corrected chi connectivity index (χ3v) is 4.30. The van der Waals surface area contributed by atoms with Crippen LogP contribution in [0.5, 0.6) is 0 Å². The molecule has 1 aliphatic carbocycles. The van der Waals surface area contributed by atoms with Crippen molar-refractivity contribution in [1.82, 2.24) is 10.6 Å². The lowest BCUT2D eigenvalue weighted by molar-refractivity contribution is -0.147. The third-order valence-electron chi connectivity index (χ3n) is 4.30. The smallest absolute Gasteiger partial charge is 0.325 e.